The van der Waals surface area contributed by atoms with Crippen LogP contribution in [0.3, 0.4) is 0 Å². The standard InChI is InChI=1S/C12H9N4O2.C5H10O.CH3.2K/c1-18-12(17)8-4-6-14-11-9(8)7-15-16-10(11)3-2-5-13;1-3-5-6-4-2;;;/h2,4-5,15H,7H2,1H3;3H,2,4-5H2,1H3;1H3;;/q-3;-2;-1;2*+1. The SMILES string of the molecule is COC(=O)c1c[c-]nc2c1CNN=C2[C-]=CC=[N-].[CH2-]COC[CH-]C.[CH3-].[K+].[K+]. The largest absolute Gasteiger partial charge is 1.00 e. The van der Waals surface area contributed by atoms with Crippen molar-refractivity contribution in [3.63, 3.8) is 0 Å². The molecule has 1 aliphatic rings. The summed E-state index contributed by atoms with van der Waals surface area (Å²) in [6.07, 6.45) is 9.44. The van der Waals surface area contributed by atoms with E-state index in [2.05, 4.69) is 39.4 Å². The van der Waals surface area contributed by atoms with Gasteiger partial charge in [0, 0.05) is 6.54 Å². The van der Waals surface area contributed by atoms with E-state index in [0.29, 0.717) is 35.7 Å². The van der Waals surface area contributed by atoms with Crippen molar-refractivity contribution in [2.24, 2.45) is 5.10 Å². The van der Waals surface area contributed by atoms with E-state index in [4.69, 9.17) is 10.1 Å². The zero-order valence-electron chi connectivity index (χ0n) is 16.7. The van der Waals surface area contributed by atoms with E-state index in [1.54, 1.807) is 0 Å². The monoisotopic (exact) mass is 420 g/mol. The molecule has 0 saturated heterocycles. The predicted molar refractivity (Wildman–Crippen MR) is 97.6 cm³/mol. The number of hydrogen-bond acceptors (Lipinski definition) is 6. The maximum Gasteiger partial charge on any atom is 1.00 e. The van der Waals surface area contributed by atoms with E-state index in [0.717, 1.165) is 12.8 Å². The van der Waals surface area contributed by atoms with Gasteiger partial charge in [0.15, 0.2) is 0 Å². The maximum atomic E-state index is 11.6. The number of hydrogen-bond donors (Lipinski definition) is 1. The number of fused-ring (bicyclic) bond motifs is 1. The molecule has 1 aliphatic heterocycles. The Labute approximate surface area is 247 Å². The number of carbonyl (C=O) groups excluding carboxylic acids is 1. The molecule has 0 bridgehead atoms. The average molecular weight is 421 g/mol. The Morgan fingerprint density at radius 3 is 2.78 bits per heavy atom. The number of nitrogens with one attached hydrogen (secondary N) is 1. The molecule has 138 valence electrons. The van der Waals surface area contributed by atoms with Crippen LogP contribution in [0, 0.1) is 33.0 Å². The molecule has 0 amide bonds. The van der Waals surface area contributed by atoms with Gasteiger partial charge in [-0.3, -0.25) is 4.79 Å². The van der Waals surface area contributed by atoms with E-state index in [1.807, 2.05) is 13.3 Å². The van der Waals surface area contributed by atoms with Crippen LogP contribution >= 0.6 is 0 Å². The summed E-state index contributed by atoms with van der Waals surface area (Å²) in [7, 11) is 1.31. The molecule has 1 aromatic rings. The number of esters is 1. The van der Waals surface area contributed by atoms with Gasteiger partial charge in [-0.05, 0) is 17.0 Å². The number of hydrazone groups is 1. The quantitative estimate of drug-likeness (QED) is 0.166. The number of rotatable bonds is 6. The smallest absolute Gasteiger partial charge is 0.878 e. The van der Waals surface area contributed by atoms with Crippen molar-refractivity contribution in [1.82, 2.24) is 10.4 Å². The van der Waals surface area contributed by atoms with E-state index in [9.17, 15) is 4.79 Å². The minimum atomic E-state index is -0.453. The van der Waals surface area contributed by atoms with Gasteiger partial charge in [-0.1, -0.05) is 25.0 Å². The first kappa shape index (κ1) is 32.4. The van der Waals surface area contributed by atoms with E-state index >= 15 is 0 Å². The summed E-state index contributed by atoms with van der Waals surface area (Å²) in [6.45, 7) is 7.10. The molecule has 0 aromatic carbocycles. The molecule has 1 N–H and O–H groups in total. The Balaban J connectivity index is -0.000000564. The fraction of sp³-hybridized carbons (Fsp3) is 0.278. The van der Waals surface area contributed by atoms with Crippen molar-refractivity contribution < 1.29 is 117 Å². The molecule has 27 heavy (non-hydrogen) atoms. The molecule has 7 nitrogen and oxygen atoms in total. The first-order valence-corrected chi connectivity index (χ1v) is 7.19. The number of carbonyl (C=O) groups is 1. The van der Waals surface area contributed by atoms with Crippen molar-refractivity contribution in [3.05, 3.63) is 67.4 Å². The summed E-state index contributed by atoms with van der Waals surface area (Å²) in [5, 5.41) is 12.6. The fourth-order valence-electron chi connectivity index (χ4n) is 1.78. The summed E-state index contributed by atoms with van der Waals surface area (Å²) in [5.74, 6) is -0.453. The predicted octanol–water partition coefficient (Wildman–Crippen LogP) is -4.01. The fourth-order valence-corrected chi connectivity index (χ4v) is 1.78. The third kappa shape index (κ3) is 11.5. The Bertz CT molecular complexity index is 619. The molecule has 0 spiro atoms. The van der Waals surface area contributed by atoms with Crippen LogP contribution in [0.2, 0.25) is 0 Å². The normalized spacial score (nSPS) is 11.0. The summed E-state index contributed by atoms with van der Waals surface area (Å²) >= 11 is 0. The minimum Gasteiger partial charge on any atom is -0.878 e. The van der Waals surface area contributed by atoms with Crippen LogP contribution in [0.5, 0.6) is 0 Å². The molecule has 2 heterocycles. The van der Waals surface area contributed by atoms with Crippen LogP contribution < -0.4 is 108 Å². The number of aromatic nitrogens is 1. The number of pyridine rings is 1. The van der Waals surface area contributed by atoms with Gasteiger partial charge in [0.05, 0.1) is 7.11 Å². The third-order valence-electron chi connectivity index (χ3n) is 2.80. The van der Waals surface area contributed by atoms with Crippen LogP contribution in [0.4, 0.5) is 0 Å². The Hall–Kier alpha value is 0.733. The second kappa shape index (κ2) is 20.0. The zero-order valence-corrected chi connectivity index (χ0v) is 23.0. The topological polar surface area (TPSA) is 95.1 Å². The first-order valence-electron chi connectivity index (χ1n) is 7.19. The van der Waals surface area contributed by atoms with E-state index in [1.165, 1.54) is 19.3 Å². The molecule has 0 radical (unpaired) electrons. The first-order chi connectivity index (χ1) is 11.7. The number of nitrogens with zero attached hydrogens (tertiary/aromatic N) is 3. The molecule has 2 rings (SSSR count). The summed E-state index contributed by atoms with van der Waals surface area (Å²) < 4.78 is 9.51. The Morgan fingerprint density at radius 1 is 1.56 bits per heavy atom. The van der Waals surface area contributed by atoms with Crippen molar-refractivity contribution in [2.45, 2.75) is 13.5 Å². The van der Waals surface area contributed by atoms with Crippen LogP contribution in [0.15, 0.2) is 17.2 Å². The third-order valence-corrected chi connectivity index (χ3v) is 2.80. The van der Waals surface area contributed by atoms with Gasteiger partial charge in [-0.25, -0.2) is 5.10 Å². The number of methoxy groups -OCH3 is 1. The molecule has 1 aromatic heterocycles. The van der Waals surface area contributed by atoms with Crippen LogP contribution in [0.1, 0.15) is 28.5 Å². The van der Waals surface area contributed by atoms with Crippen LogP contribution in [-0.4, -0.2) is 43.2 Å². The van der Waals surface area contributed by atoms with Gasteiger partial charge in [0.25, 0.3) is 5.97 Å². The molecular weight excluding hydrogens is 398 g/mol. The van der Waals surface area contributed by atoms with E-state index < -0.39 is 5.97 Å². The van der Waals surface area contributed by atoms with Crippen LogP contribution in [0.25, 0.3) is 5.41 Å². The molecule has 0 saturated carbocycles. The average Bonchev–Trinajstić information content (AvgIpc) is 2.64. The summed E-state index contributed by atoms with van der Waals surface area (Å²) in [5.41, 5.74) is 4.71. The Kier molecular flexibility index (Phi) is 24.0. The second-order valence-corrected chi connectivity index (χ2v) is 4.36. The summed E-state index contributed by atoms with van der Waals surface area (Å²) in [6, 6.07) is 1.47. The number of ether oxygens (including phenoxy) is 2. The molecule has 0 fully saturated rings. The molecular formula is C18H22K2N4O3-4. The van der Waals surface area contributed by atoms with Crippen molar-refractivity contribution in [1.29, 1.82) is 0 Å². The van der Waals surface area contributed by atoms with Crippen LogP contribution in [-0.2, 0) is 16.0 Å². The van der Waals surface area contributed by atoms with Crippen molar-refractivity contribution >= 4 is 17.9 Å². The Morgan fingerprint density at radius 2 is 2.26 bits per heavy atom. The van der Waals surface area contributed by atoms with E-state index in [-0.39, 0.29) is 110 Å². The molecule has 0 aliphatic carbocycles. The van der Waals surface area contributed by atoms with Gasteiger partial charge < -0.3 is 52.3 Å². The van der Waals surface area contributed by atoms with Gasteiger partial charge in [0.1, 0.15) is 0 Å². The molecule has 0 atom stereocenters. The maximum absolute atomic E-state index is 11.6. The van der Waals surface area contributed by atoms with Gasteiger partial charge in [-0.15, -0.1) is 6.07 Å². The summed E-state index contributed by atoms with van der Waals surface area (Å²) in [4.78, 5) is 15.6. The molecule has 9 heteroatoms. The number of allylic oxidation sites excluding steroid dienone is 2. The van der Waals surface area contributed by atoms with Crippen molar-refractivity contribution in [3.8, 4) is 0 Å². The van der Waals surface area contributed by atoms with Gasteiger partial charge >= 0.3 is 103 Å². The molecule has 0 unspecified atom stereocenters. The zero-order chi connectivity index (χ0) is 17.8. The minimum absolute atomic E-state index is 0. The van der Waals surface area contributed by atoms with Gasteiger partial charge in [0.2, 0.25) is 0 Å². The van der Waals surface area contributed by atoms with Crippen molar-refractivity contribution in [2.75, 3.05) is 20.3 Å². The van der Waals surface area contributed by atoms with Gasteiger partial charge in [-0.2, -0.15) is 19.1 Å². The second-order valence-electron chi connectivity index (χ2n) is 4.36.